The summed E-state index contributed by atoms with van der Waals surface area (Å²) in [6.07, 6.45) is 0. The number of aromatic nitrogens is 1. The van der Waals surface area contributed by atoms with Crippen LogP contribution in [-0.4, -0.2) is 11.0 Å². The molecule has 5 nitrogen and oxygen atoms in total. The highest BCUT2D eigenvalue weighted by Gasteiger charge is 2.08. The third-order valence-electron chi connectivity index (χ3n) is 2.82. The van der Waals surface area contributed by atoms with Crippen LogP contribution in [0.25, 0.3) is 10.2 Å². The Balaban J connectivity index is 1.75. The minimum atomic E-state index is -0.401. The highest BCUT2D eigenvalue weighted by molar-refractivity contribution is 7.22. The fraction of sp³-hybridized carbons (Fsp3) is 0. The summed E-state index contributed by atoms with van der Waals surface area (Å²) in [6, 6.07) is 13.7. The summed E-state index contributed by atoms with van der Waals surface area (Å²) in [5.74, 6) is 0. The summed E-state index contributed by atoms with van der Waals surface area (Å²) in [7, 11) is 0. The smallest absolute Gasteiger partial charge is 0.308 e. The van der Waals surface area contributed by atoms with Crippen LogP contribution in [0.1, 0.15) is 5.56 Å². The maximum Gasteiger partial charge on any atom is 0.325 e. The predicted octanol–water partition coefficient (Wildman–Crippen LogP) is 4.47. The Morgan fingerprint density at radius 2 is 2.09 bits per heavy atom. The van der Waals surface area contributed by atoms with Crippen LogP contribution >= 0.6 is 22.9 Å². The van der Waals surface area contributed by atoms with Gasteiger partial charge in [-0.05, 0) is 36.4 Å². The molecule has 3 rings (SSSR count). The van der Waals surface area contributed by atoms with Crippen molar-refractivity contribution in [1.29, 1.82) is 5.26 Å². The third kappa shape index (κ3) is 3.17. The summed E-state index contributed by atoms with van der Waals surface area (Å²) >= 11 is 7.17. The van der Waals surface area contributed by atoms with Crippen molar-refractivity contribution in [3.05, 3.63) is 53.1 Å². The van der Waals surface area contributed by atoms with Gasteiger partial charge in [0.05, 0.1) is 21.8 Å². The van der Waals surface area contributed by atoms with Crippen LogP contribution in [0.3, 0.4) is 0 Å². The first-order valence-electron chi connectivity index (χ1n) is 6.28. The number of nitrogens with zero attached hydrogens (tertiary/aromatic N) is 2. The lowest BCUT2D eigenvalue weighted by Gasteiger charge is -2.05. The van der Waals surface area contributed by atoms with Gasteiger partial charge >= 0.3 is 6.03 Å². The molecule has 0 atom stereocenters. The number of urea groups is 1. The SMILES string of the molecule is N#Cc1ccc2nc(NC(=O)Nc3cccc(Cl)c3)sc2c1. The number of nitrogens with one attached hydrogen (secondary N) is 2. The Bertz CT molecular complexity index is 900. The number of amides is 2. The van der Waals surface area contributed by atoms with E-state index >= 15 is 0 Å². The van der Waals surface area contributed by atoms with Gasteiger partial charge in [0.25, 0.3) is 0 Å². The van der Waals surface area contributed by atoms with Crippen LogP contribution < -0.4 is 10.6 Å². The largest absolute Gasteiger partial charge is 0.325 e. The van der Waals surface area contributed by atoms with Gasteiger partial charge < -0.3 is 5.32 Å². The topological polar surface area (TPSA) is 77.8 Å². The first-order valence-corrected chi connectivity index (χ1v) is 7.48. The number of fused-ring (bicyclic) bond motifs is 1. The number of carbonyl (C=O) groups excluding carboxylic acids is 1. The van der Waals surface area contributed by atoms with Gasteiger partial charge in [-0.1, -0.05) is 29.0 Å². The fourth-order valence-electron chi connectivity index (χ4n) is 1.87. The zero-order chi connectivity index (χ0) is 15.5. The second-order valence-corrected chi connectivity index (χ2v) is 5.87. The number of nitriles is 1. The number of hydrogen-bond acceptors (Lipinski definition) is 4. The number of anilines is 2. The average Bonchev–Trinajstić information content (AvgIpc) is 2.87. The van der Waals surface area contributed by atoms with Crippen molar-refractivity contribution in [3.63, 3.8) is 0 Å². The van der Waals surface area contributed by atoms with Gasteiger partial charge in [-0.3, -0.25) is 5.32 Å². The molecule has 0 aliphatic rings. The van der Waals surface area contributed by atoms with E-state index in [0.29, 0.717) is 21.4 Å². The number of halogens is 1. The average molecular weight is 329 g/mol. The van der Waals surface area contributed by atoms with E-state index in [1.165, 1.54) is 11.3 Å². The van der Waals surface area contributed by atoms with E-state index in [-0.39, 0.29) is 0 Å². The van der Waals surface area contributed by atoms with Crippen molar-refractivity contribution in [2.45, 2.75) is 0 Å². The molecule has 7 heteroatoms. The molecule has 0 saturated carbocycles. The minimum absolute atomic E-state index is 0.401. The second-order valence-electron chi connectivity index (χ2n) is 4.40. The maximum absolute atomic E-state index is 11.9. The van der Waals surface area contributed by atoms with Gasteiger partial charge in [-0.25, -0.2) is 9.78 Å². The minimum Gasteiger partial charge on any atom is -0.308 e. The molecule has 1 aromatic heterocycles. The van der Waals surface area contributed by atoms with E-state index in [1.807, 2.05) is 0 Å². The van der Waals surface area contributed by atoms with E-state index in [0.717, 1.165) is 10.2 Å². The first-order chi connectivity index (χ1) is 10.6. The molecule has 2 aromatic carbocycles. The van der Waals surface area contributed by atoms with E-state index in [2.05, 4.69) is 21.7 Å². The Morgan fingerprint density at radius 1 is 1.23 bits per heavy atom. The van der Waals surface area contributed by atoms with Gasteiger partial charge in [0.15, 0.2) is 5.13 Å². The number of carbonyl (C=O) groups is 1. The quantitative estimate of drug-likeness (QED) is 0.728. The van der Waals surface area contributed by atoms with Crippen LogP contribution in [0, 0.1) is 11.3 Å². The maximum atomic E-state index is 11.9. The van der Waals surface area contributed by atoms with Crippen LogP contribution in [0.2, 0.25) is 5.02 Å². The van der Waals surface area contributed by atoms with E-state index in [4.69, 9.17) is 16.9 Å². The molecule has 0 saturated heterocycles. The zero-order valence-corrected chi connectivity index (χ0v) is 12.7. The summed E-state index contributed by atoms with van der Waals surface area (Å²) in [4.78, 5) is 16.2. The molecule has 0 radical (unpaired) electrons. The monoisotopic (exact) mass is 328 g/mol. The summed E-state index contributed by atoms with van der Waals surface area (Å²) in [6.45, 7) is 0. The third-order valence-corrected chi connectivity index (χ3v) is 3.99. The molecule has 22 heavy (non-hydrogen) atoms. The molecule has 1 heterocycles. The predicted molar refractivity (Wildman–Crippen MR) is 88.4 cm³/mol. The van der Waals surface area contributed by atoms with Crippen LogP contribution in [-0.2, 0) is 0 Å². The molecule has 2 N–H and O–H groups in total. The second kappa shape index (κ2) is 6.02. The molecule has 0 unspecified atom stereocenters. The van der Waals surface area contributed by atoms with E-state index in [1.54, 1.807) is 42.5 Å². The molecule has 0 aliphatic heterocycles. The molecule has 0 bridgehead atoms. The highest BCUT2D eigenvalue weighted by atomic mass is 35.5. The van der Waals surface area contributed by atoms with Crippen molar-refractivity contribution in [2.24, 2.45) is 0 Å². The van der Waals surface area contributed by atoms with Gasteiger partial charge in [-0.2, -0.15) is 5.26 Å². The molecule has 0 spiro atoms. The van der Waals surface area contributed by atoms with Gasteiger partial charge in [-0.15, -0.1) is 0 Å². The fourth-order valence-corrected chi connectivity index (χ4v) is 2.96. The summed E-state index contributed by atoms with van der Waals surface area (Å²) in [5.41, 5.74) is 1.89. The molecule has 0 aliphatic carbocycles. The Kier molecular flexibility index (Phi) is 3.92. The lowest BCUT2D eigenvalue weighted by atomic mass is 10.2. The summed E-state index contributed by atoms with van der Waals surface area (Å²) in [5, 5.41) is 15.2. The number of rotatable bonds is 2. The van der Waals surface area contributed by atoms with E-state index in [9.17, 15) is 4.79 Å². The lowest BCUT2D eigenvalue weighted by Crippen LogP contribution is -2.19. The molecule has 108 valence electrons. The zero-order valence-electron chi connectivity index (χ0n) is 11.1. The van der Waals surface area contributed by atoms with Gasteiger partial charge in [0, 0.05) is 10.7 Å². The molecular weight excluding hydrogens is 320 g/mol. The highest BCUT2D eigenvalue weighted by Crippen LogP contribution is 2.26. The molecule has 2 amide bonds. The Morgan fingerprint density at radius 3 is 2.86 bits per heavy atom. The van der Waals surface area contributed by atoms with Gasteiger partial charge in [0.2, 0.25) is 0 Å². The normalized spacial score (nSPS) is 10.2. The number of thiazole rings is 1. The Labute approximate surface area is 135 Å². The molecule has 0 fully saturated rings. The lowest BCUT2D eigenvalue weighted by molar-refractivity contribution is 0.262. The van der Waals surface area contributed by atoms with Crippen molar-refractivity contribution in [3.8, 4) is 6.07 Å². The van der Waals surface area contributed by atoms with Crippen LogP contribution in [0.5, 0.6) is 0 Å². The Hall–Kier alpha value is -2.62. The van der Waals surface area contributed by atoms with E-state index < -0.39 is 6.03 Å². The van der Waals surface area contributed by atoms with Crippen molar-refractivity contribution >= 4 is 50.0 Å². The van der Waals surface area contributed by atoms with Crippen molar-refractivity contribution in [2.75, 3.05) is 10.6 Å². The standard InChI is InChI=1S/C15H9ClN4OS/c16-10-2-1-3-11(7-10)18-14(21)20-15-19-12-5-4-9(8-17)6-13(12)22-15/h1-7H,(H2,18,19,20,21). The van der Waals surface area contributed by atoms with Crippen molar-refractivity contribution < 1.29 is 4.79 Å². The van der Waals surface area contributed by atoms with Crippen LogP contribution in [0.4, 0.5) is 15.6 Å². The molecule has 3 aromatic rings. The molecular formula is C15H9ClN4OS. The van der Waals surface area contributed by atoms with Crippen LogP contribution in [0.15, 0.2) is 42.5 Å². The summed E-state index contributed by atoms with van der Waals surface area (Å²) < 4.78 is 0.845. The van der Waals surface area contributed by atoms with Crippen molar-refractivity contribution in [1.82, 2.24) is 4.98 Å². The number of hydrogen-bond donors (Lipinski definition) is 2. The first kappa shape index (κ1) is 14.3. The van der Waals surface area contributed by atoms with Gasteiger partial charge in [0.1, 0.15) is 0 Å². The number of benzene rings is 2.